The van der Waals surface area contributed by atoms with E-state index in [2.05, 4.69) is 71.6 Å². The van der Waals surface area contributed by atoms with Crippen molar-refractivity contribution in [2.75, 3.05) is 4.90 Å². The van der Waals surface area contributed by atoms with Crippen LogP contribution in [0.4, 0.5) is 17.1 Å². The Bertz CT molecular complexity index is 1190. The molecule has 0 amide bonds. The monoisotopic (exact) mass is 437 g/mol. The lowest BCUT2D eigenvalue weighted by molar-refractivity contribution is -0.0906. The zero-order chi connectivity index (χ0) is 23.5. The summed E-state index contributed by atoms with van der Waals surface area (Å²) in [6.07, 6.45) is 0. The predicted molar refractivity (Wildman–Crippen MR) is 138 cm³/mol. The highest BCUT2D eigenvalue weighted by atomic mass is 16.5. The number of hydrogen-bond donors (Lipinski definition) is 1. The highest BCUT2D eigenvalue weighted by Crippen LogP contribution is 2.41. The van der Waals surface area contributed by atoms with Gasteiger partial charge in [0.15, 0.2) is 0 Å². The largest absolute Gasteiger partial charge is 0.485 e. The number of rotatable bonds is 7. The number of aliphatic hydroxyl groups is 1. The van der Waals surface area contributed by atoms with Crippen LogP contribution in [0, 0.1) is 0 Å². The van der Waals surface area contributed by atoms with Gasteiger partial charge in [-0.15, -0.1) is 0 Å². The van der Waals surface area contributed by atoms with Crippen molar-refractivity contribution in [3.63, 3.8) is 0 Å². The van der Waals surface area contributed by atoms with Gasteiger partial charge in [0.1, 0.15) is 11.4 Å². The van der Waals surface area contributed by atoms with Crippen LogP contribution in [0.3, 0.4) is 0 Å². The number of nitrogens with zero attached hydrogens (tertiary/aromatic N) is 1. The second-order valence-electron chi connectivity index (χ2n) is 9.22. The zero-order valence-electron chi connectivity index (χ0n) is 19.7. The first-order valence-electron chi connectivity index (χ1n) is 11.3. The van der Waals surface area contributed by atoms with Gasteiger partial charge >= 0.3 is 0 Å². The fraction of sp³-hybridized carbons (Fsp3) is 0.200. The van der Waals surface area contributed by atoms with E-state index in [1.807, 2.05) is 56.3 Å². The topological polar surface area (TPSA) is 32.7 Å². The van der Waals surface area contributed by atoms with E-state index in [1.54, 1.807) is 13.8 Å². The van der Waals surface area contributed by atoms with Gasteiger partial charge in [0.25, 0.3) is 0 Å². The highest BCUT2D eigenvalue weighted by Gasteiger charge is 2.37. The van der Waals surface area contributed by atoms with E-state index in [-0.39, 0.29) is 0 Å². The SMILES string of the molecule is CC(C)(O)C(C)(C)Oc1cccc(N(c2ccccc2)c2ccccc2-c2ccccc2)c1. The van der Waals surface area contributed by atoms with Crippen molar-refractivity contribution in [3.8, 4) is 16.9 Å². The van der Waals surface area contributed by atoms with Gasteiger partial charge in [0, 0.05) is 23.0 Å². The molecule has 0 aliphatic heterocycles. The lowest BCUT2D eigenvalue weighted by Crippen LogP contribution is -2.49. The molecular weight excluding hydrogens is 406 g/mol. The summed E-state index contributed by atoms with van der Waals surface area (Å²) in [6.45, 7) is 7.34. The molecule has 0 saturated carbocycles. The van der Waals surface area contributed by atoms with Gasteiger partial charge in [-0.05, 0) is 63.6 Å². The molecule has 0 heterocycles. The summed E-state index contributed by atoms with van der Waals surface area (Å²) in [4.78, 5) is 2.24. The molecule has 0 aromatic heterocycles. The van der Waals surface area contributed by atoms with Crippen molar-refractivity contribution in [2.24, 2.45) is 0 Å². The Morgan fingerprint density at radius 2 is 1.21 bits per heavy atom. The van der Waals surface area contributed by atoms with Crippen molar-refractivity contribution >= 4 is 17.1 Å². The molecule has 168 valence electrons. The van der Waals surface area contributed by atoms with Gasteiger partial charge in [0.2, 0.25) is 0 Å². The molecule has 4 aromatic carbocycles. The molecule has 0 saturated heterocycles. The van der Waals surface area contributed by atoms with Crippen LogP contribution in [0.1, 0.15) is 27.7 Å². The summed E-state index contributed by atoms with van der Waals surface area (Å²) < 4.78 is 6.27. The molecule has 0 fully saturated rings. The quantitative estimate of drug-likeness (QED) is 0.321. The summed E-state index contributed by atoms with van der Waals surface area (Å²) in [6, 6.07) is 37.2. The second kappa shape index (κ2) is 9.13. The van der Waals surface area contributed by atoms with Crippen LogP contribution >= 0.6 is 0 Å². The normalized spacial score (nSPS) is 11.8. The van der Waals surface area contributed by atoms with E-state index in [0.717, 1.165) is 28.2 Å². The Hall–Kier alpha value is -3.56. The van der Waals surface area contributed by atoms with E-state index in [1.165, 1.54) is 0 Å². The average Bonchev–Trinajstić information content (AvgIpc) is 2.80. The molecule has 33 heavy (non-hydrogen) atoms. The van der Waals surface area contributed by atoms with E-state index in [4.69, 9.17) is 4.74 Å². The Morgan fingerprint density at radius 1 is 0.636 bits per heavy atom. The molecule has 4 aromatic rings. The number of ether oxygens (including phenoxy) is 1. The van der Waals surface area contributed by atoms with Gasteiger partial charge in [-0.2, -0.15) is 0 Å². The smallest absolute Gasteiger partial charge is 0.131 e. The first kappa shape index (κ1) is 22.6. The first-order valence-corrected chi connectivity index (χ1v) is 11.3. The second-order valence-corrected chi connectivity index (χ2v) is 9.22. The molecule has 1 N–H and O–H groups in total. The predicted octanol–water partition coefficient (Wildman–Crippen LogP) is 7.75. The molecule has 3 nitrogen and oxygen atoms in total. The number of benzene rings is 4. The minimum absolute atomic E-state index is 0.706. The highest BCUT2D eigenvalue weighted by molar-refractivity contribution is 5.88. The van der Waals surface area contributed by atoms with Crippen molar-refractivity contribution < 1.29 is 9.84 Å². The minimum Gasteiger partial charge on any atom is -0.485 e. The molecule has 0 spiro atoms. The van der Waals surface area contributed by atoms with Gasteiger partial charge in [-0.25, -0.2) is 0 Å². The van der Waals surface area contributed by atoms with Crippen LogP contribution in [0.2, 0.25) is 0 Å². The summed E-state index contributed by atoms with van der Waals surface area (Å²) in [7, 11) is 0. The third-order valence-corrected chi connectivity index (χ3v) is 6.17. The molecule has 0 aliphatic carbocycles. The fourth-order valence-electron chi connectivity index (χ4n) is 3.64. The van der Waals surface area contributed by atoms with Crippen molar-refractivity contribution in [1.29, 1.82) is 0 Å². The summed E-state index contributed by atoms with van der Waals surface area (Å²) in [5.74, 6) is 0.706. The fourth-order valence-corrected chi connectivity index (χ4v) is 3.64. The maximum atomic E-state index is 10.6. The summed E-state index contributed by atoms with van der Waals surface area (Å²) in [5.41, 5.74) is 3.66. The summed E-state index contributed by atoms with van der Waals surface area (Å²) in [5, 5.41) is 10.6. The molecule has 3 heteroatoms. The molecule has 4 rings (SSSR count). The Labute approximate surface area is 196 Å². The van der Waals surface area contributed by atoms with E-state index >= 15 is 0 Å². The molecule has 0 unspecified atom stereocenters. The lowest BCUT2D eigenvalue weighted by Gasteiger charge is -2.37. The van der Waals surface area contributed by atoms with Gasteiger partial charge in [0.05, 0.1) is 11.3 Å². The van der Waals surface area contributed by atoms with Gasteiger partial charge in [-0.1, -0.05) is 72.8 Å². The van der Waals surface area contributed by atoms with Crippen LogP contribution in [-0.4, -0.2) is 16.3 Å². The lowest BCUT2D eigenvalue weighted by atomic mass is 9.89. The molecule has 0 bridgehead atoms. The Kier molecular flexibility index (Phi) is 6.26. The van der Waals surface area contributed by atoms with E-state index in [9.17, 15) is 5.11 Å². The third-order valence-electron chi connectivity index (χ3n) is 6.17. The van der Waals surface area contributed by atoms with Crippen molar-refractivity contribution in [1.82, 2.24) is 0 Å². The molecular formula is C30H31NO2. The maximum absolute atomic E-state index is 10.6. The van der Waals surface area contributed by atoms with Gasteiger partial charge < -0.3 is 14.7 Å². The Morgan fingerprint density at radius 3 is 1.88 bits per heavy atom. The third kappa shape index (κ3) is 4.94. The standard InChI is InChI=1S/C30H31NO2/c1-29(2,32)30(3,4)33-26-19-13-18-25(22-26)31(24-16-9-6-10-17-24)28-21-12-11-20-27(28)23-14-7-5-8-15-23/h5-22,32H,1-4H3. The van der Waals surface area contributed by atoms with Crippen LogP contribution in [0.25, 0.3) is 11.1 Å². The number of hydrogen-bond acceptors (Lipinski definition) is 3. The molecule has 0 radical (unpaired) electrons. The van der Waals surface area contributed by atoms with Gasteiger partial charge in [-0.3, -0.25) is 0 Å². The number of anilines is 3. The maximum Gasteiger partial charge on any atom is 0.131 e. The average molecular weight is 438 g/mol. The first-order chi connectivity index (χ1) is 15.8. The van der Waals surface area contributed by atoms with Crippen LogP contribution < -0.4 is 9.64 Å². The van der Waals surface area contributed by atoms with Crippen molar-refractivity contribution in [3.05, 3.63) is 109 Å². The van der Waals surface area contributed by atoms with Crippen LogP contribution in [0.15, 0.2) is 109 Å². The minimum atomic E-state index is -0.998. The zero-order valence-corrected chi connectivity index (χ0v) is 19.7. The van der Waals surface area contributed by atoms with E-state index in [0.29, 0.717) is 5.75 Å². The van der Waals surface area contributed by atoms with E-state index < -0.39 is 11.2 Å². The van der Waals surface area contributed by atoms with Crippen molar-refractivity contribution in [2.45, 2.75) is 38.9 Å². The summed E-state index contributed by atoms with van der Waals surface area (Å²) >= 11 is 0. The van der Waals surface area contributed by atoms with Crippen LogP contribution in [0.5, 0.6) is 5.75 Å². The van der Waals surface area contributed by atoms with Crippen LogP contribution in [-0.2, 0) is 0 Å². The molecule has 0 atom stereocenters. The molecule has 0 aliphatic rings. The number of para-hydroxylation sites is 2. The Balaban J connectivity index is 1.84.